The zero-order chi connectivity index (χ0) is 12.3. The van der Waals surface area contributed by atoms with Gasteiger partial charge in [0.05, 0.1) is 4.92 Å². The van der Waals surface area contributed by atoms with Gasteiger partial charge in [0.1, 0.15) is 0 Å². The third-order valence-corrected chi connectivity index (χ3v) is 3.13. The lowest BCUT2D eigenvalue weighted by Crippen LogP contribution is -2.44. The van der Waals surface area contributed by atoms with Gasteiger partial charge in [-0.3, -0.25) is 10.1 Å². The molecular formula is C11H16N4O2. The van der Waals surface area contributed by atoms with Crippen LogP contribution in [-0.4, -0.2) is 29.0 Å². The first-order chi connectivity index (χ1) is 8.24. The van der Waals surface area contributed by atoms with Crippen molar-refractivity contribution >= 4 is 11.5 Å². The molecule has 0 aromatic carbocycles. The first-order valence-electron chi connectivity index (χ1n) is 5.80. The van der Waals surface area contributed by atoms with Crippen molar-refractivity contribution in [2.45, 2.75) is 25.3 Å². The van der Waals surface area contributed by atoms with Crippen LogP contribution in [0.25, 0.3) is 0 Å². The minimum Gasteiger partial charge on any atom is -0.347 e. The van der Waals surface area contributed by atoms with Crippen LogP contribution in [0.3, 0.4) is 0 Å². The molecule has 1 aromatic rings. The lowest BCUT2D eigenvalue weighted by Gasteiger charge is -2.35. The number of nitro groups is 1. The number of rotatable bonds is 3. The van der Waals surface area contributed by atoms with Gasteiger partial charge in [0, 0.05) is 31.4 Å². The zero-order valence-electron chi connectivity index (χ0n) is 9.58. The Hall–Kier alpha value is -1.69. The SMILES string of the molecule is NCC1CCCCN1c1ncccc1[N+](=O)[O-]. The number of pyridine rings is 1. The van der Waals surface area contributed by atoms with Crippen molar-refractivity contribution < 1.29 is 4.92 Å². The molecule has 2 N–H and O–H groups in total. The van der Waals surface area contributed by atoms with Crippen LogP contribution in [0.4, 0.5) is 11.5 Å². The fraction of sp³-hybridized carbons (Fsp3) is 0.545. The minimum atomic E-state index is -0.384. The average molecular weight is 236 g/mol. The highest BCUT2D eigenvalue weighted by atomic mass is 16.6. The van der Waals surface area contributed by atoms with E-state index in [0.29, 0.717) is 12.4 Å². The lowest BCUT2D eigenvalue weighted by molar-refractivity contribution is -0.384. The topological polar surface area (TPSA) is 85.3 Å². The monoisotopic (exact) mass is 236 g/mol. The molecule has 1 aliphatic heterocycles. The van der Waals surface area contributed by atoms with Crippen molar-refractivity contribution in [2.75, 3.05) is 18.0 Å². The van der Waals surface area contributed by atoms with E-state index in [2.05, 4.69) is 4.98 Å². The van der Waals surface area contributed by atoms with E-state index in [0.717, 1.165) is 25.8 Å². The van der Waals surface area contributed by atoms with E-state index in [1.165, 1.54) is 6.07 Å². The van der Waals surface area contributed by atoms with Crippen molar-refractivity contribution in [3.8, 4) is 0 Å². The Balaban J connectivity index is 2.34. The summed E-state index contributed by atoms with van der Waals surface area (Å²) in [7, 11) is 0. The Morgan fingerprint density at radius 3 is 3.12 bits per heavy atom. The molecule has 2 heterocycles. The van der Waals surface area contributed by atoms with Crippen LogP contribution in [0.15, 0.2) is 18.3 Å². The highest BCUT2D eigenvalue weighted by molar-refractivity contribution is 5.58. The van der Waals surface area contributed by atoms with Gasteiger partial charge in [0.2, 0.25) is 5.82 Å². The van der Waals surface area contributed by atoms with Gasteiger partial charge in [-0.05, 0) is 25.3 Å². The largest absolute Gasteiger partial charge is 0.347 e. The van der Waals surface area contributed by atoms with E-state index in [1.54, 1.807) is 12.3 Å². The molecule has 2 rings (SSSR count). The summed E-state index contributed by atoms with van der Waals surface area (Å²) in [6.07, 6.45) is 4.72. The van der Waals surface area contributed by atoms with Gasteiger partial charge in [-0.15, -0.1) is 0 Å². The number of hydrogen-bond donors (Lipinski definition) is 1. The second-order valence-electron chi connectivity index (χ2n) is 4.18. The molecule has 6 heteroatoms. The second kappa shape index (κ2) is 5.09. The van der Waals surface area contributed by atoms with E-state index < -0.39 is 0 Å². The predicted octanol–water partition coefficient (Wildman–Crippen LogP) is 1.31. The van der Waals surface area contributed by atoms with Crippen LogP contribution in [0.1, 0.15) is 19.3 Å². The molecule has 0 radical (unpaired) electrons. The van der Waals surface area contributed by atoms with Gasteiger partial charge in [0.15, 0.2) is 0 Å². The molecule has 92 valence electrons. The molecule has 1 saturated heterocycles. The molecule has 0 bridgehead atoms. The Morgan fingerprint density at radius 2 is 2.41 bits per heavy atom. The highest BCUT2D eigenvalue weighted by Crippen LogP contribution is 2.29. The molecular weight excluding hydrogens is 220 g/mol. The molecule has 0 spiro atoms. The standard InChI is InChI=1S/C11H16N4O2/c12-8-9-4-1-2-7-14(9)11-10(15(16)17)5-3-6-13-11/h3,5-6,9H,1-2,4,7-8,12H2. The number of nitrogens with zero attached hydrogens (tertiary/aromatic N) is 3. The highest BCUT2D eigenvalue weighted by Gasteiger charge is 2.27. The maximum Gasteiger partial charge on any atom is 0.311 e. The molecule has 0 aliphatic carbocycles. The molecule has 0 saturated carbocycles. The van der Waals surface area contributed by atoms with Crippen molar-refractivity contribution in [1.82, 2.24) is 4.98 Å². The maximum atomic E-state index is 11.0. The fourth-order valence-electron chi connectivity index (χ4n) is 2.28. The Labute approximate surface area is 99.6 Å². The first kappa shape index (κ1) is 11.8. The number of nitrogens with two attached hydrogens (primary N) is 1. The summed E-state index contributed by atoms with van der Waals surface area (Å²) >= 11 is 0. The maximum absolute atomic E-state index is 11.0. The number of hydrogen-bond acceptors (Lipinski definition) is 5. The van der Waals surface area contributed by atoms with Gasteiger partial charge in [-0.2, -0.15) is 0 Å². The van der Waals surface area contributed by atoms with Crippen LogP contribution in [0.2, 0.25) is 0 Å². The fourth-order valence-corrected chi connectivity index (χ4v) is 2.28. The quantitative estimate of drug-likeness (QED) is 0.631. The summed E-state index contributed by atoms with van der Waals surface area (Å²) in [5.41, 5.74) is 5.78. The molecule has 1 aliphatic rings. The third kappa shape index (κ3) is 2.36. The minimum absolute atomic E-state index is 0.0628. The van der Waals surface area contributed by atoms with Crippen LogP contribution >= 0.6 is 0 Å². The predicted molar refractivity (Wildman–Crippen MR) is 64.9 cm³/mol. The van der Waals surface area contributed by atoms with E-state index in [4.69, 9.17) is 5.73 Å². The number of aromatic nitrogens is 1. The Kier molecular flexibility index (Phi) is 3.53. The normalized spacial score (nSPS) is 20.3. The second-order valence-corrected chi connectivity index (χ2v) is 4.18. The summed E-state index contributed by atoms with van der Waals surface area (Å²) in [5.74, 6) is 0.452. The van der Waals surface area contributed by atoms with E-state index >= 15 is 0 Å². The molecule has 1 atom stereocenters. The van der Waals surface area contributed by atoms with Gasteiger partial charge in [-0.25, -0.2) is 4.98 Å². The van der Waals surface area contributed by atoms with Crippen LogP contribution in [0, 0.1) is 10.1 Å². The van der Waals surface area contributed by atoms with E-state index in [-0.39, 0.29) is 16.7 Å². The number of piperidine rings is 1. The van der Waals surface area contributed by atoms with Crippen molar-refractivity contribution in [1.29, 1.82) is 0 Å². The molecule has 17 heavy (non-hydrogen) atoms. The Bertz CT molecular complexity index is 410. The van der Waals surface area contributed by atoms with Crippen LogP contribution in [-0.2, 0) is 0 Å². The smallest absolute Gasteiger partial charge is 0.311 e. The van der Waals surface area contributed by atoms with Gasteiger partial charge >= 0.3 is 5.69 Å². The summed E-state index contributed by atoms with van der Waals surface area (Å²) in [4.78, 5) is 16.7. The number of anilines is 1. The first-order valence-corrected chi connectivity index (χ1v) is 5.80. The van der Waals surface area contributed by atoms with Crippen LogP contribution in [0.5, 0.6) is 0 Å². The molecule has 0 amide bonds. The molecule has 1 aromatic heterocycles. The summed E-state index contributed by atoms with van der Waals surface area (Å²) in [6.45, 7) is 1.30. The molecule has 1 unspecified atom stereocenters. The van der Waals surface area contributed by atoms with Crippen LogP contribution < -0.4 is 10.6 Å². The average Bonchev–Trinajstić information content (AvgIpc) is 2.38. The lowest BCUT2D eigenvalue weighted by atomic mass is 10.0. The van der Waals surface area contributed by atoms with E-state index in [1.807, 2.05) is 4.90 Å². The van der Waals surface area contributed by atoms with Crippen molar-refractivity contribution in [2.24, 2.45) is 5.73 Å². The third-order valence-electron chi connectivity index (χ3n) is 3.13. The van der Waals surface area contributed by atoms with Crippen molar-refractivity contribution in [3.05, 3.63) is 28.4 Å². The summed E-state index contributed by atoms with van der Waals surface area (Å²) in [5, 5.41) is 11.0. The summed E-state index contributed by atoms with van der Waals surface area (Å²) < 4.78 is 0. The van der Waals surface area contributed by atoms with Gasteiger partial charge in [0.25, 0.3) is 0 Å². The molecule has 1 fully saturated rings. The van der Waals surface area contributed by atoms with Gasteiger partial charge < -0.3 is 10.6 Å². The zero-order valence-corrected chi connectivity index (χ0v) is 9.58. The van der Waals surface area contributed by atoms with Gasteiger partial charge in [-0.1, -0.05) is 0 Å². The van der Waals surface area contributed by atoms with E-state index in [9.17, 15) is 10.1 Å². The Morgan fingerprint density at radius 1 is 1.59 bits per heavy atom. The summed E-state index contributed by atoms with van der Waals surface area (Å²) in [6, 6.07) is 3.24. The van der Waals surface area contributed by atoms with Crippen molar-refractivity contribution in [3.63, 3.8) is 0 Å². The molecule has 6 nitrogen and oxygen atoms in total.